The van der Waals surface area contributed by atoms with E-state index in [0.29, 0.717) is 5.56 Å². The number of carbonyl (C=O) groups is 2. The van der Waals surface area contributed by atoms with Crippen molar-refractivity contribution < 1.29 is 36.3 Å². The van der Waals surface area contributed by atoms with Crippen molar-refractivity contribution in [2.75, 3.05) is 0 Å². The van der Waals surface area contributed by atoms with Gasteiger partial charge in [-0.3, -0.25) is 4.79 Å². The normalized spacial score (nSPS) is 17.1. The first kappa shape index (κ1) is 24.4. The van der Waals surface area contributed by atoms with E-state index in [2.05, 4.69) is 0 Å². The van der Waals surface area contributed by atoms with Gasteiger partial charge in [0.05, 0.1) is 23.8 Å². The van der Waals surface area contributed by atoms with Crippen LogP contribution >= 0.6 is 0 Å². The van der Waals surface area contributed by atoms with E-state index in [0.717, 1.165) is 23.1 Å². The van der Waals surface area contributed by atoms with Crippen LogP contribution in [0.15, 0.2) is 53.7 Å². The Bertz CT molecular complexity index is 1090. The first-order valence-corrected chi connectivity index (χ1v) is 10.2. The lowest BCUT2D eigenvalue weighted by Gasteiger charge is -2.35. The van der Waals surface area contributed by atoms with Gasteiger partial charge in [-0.25, -0.2) is 13.6 Å². The smallest absolute Gasteiger partial charge is 0.416 e. The number of carbonyl (C=O) groups excluding carboxylic acids is 2. The predicted molar refractivity (Wildman–Crippen MR) is 110 cm³/mol. The lowest BCUT2D eigenvalue weighted by molar-refractivity contribution is -0.144. The highest BCUT2D eigenvalue weighted by atomic mass is 19.4. The van der Waals surface area contributed by atoms with Crippen molar-refractivity contribution >= 4 is 11.9 Å². The van der Waals surface area contributed by atoms with Crippen LogP contribution in [0.4, 0.5) is 22.0 Å². The van der Waals surface area contributed by atoms with E-state index in [-0.39, 0.29) is 29.8 Å². The third-order valence-corrected chi connectivity index (χ3v) is 5.39. The zero-order valence-corrected chi connectivity index (χ0v) is 18.2. The molecule has 1 atom stereocenters. The van der Waals surface area contributed by atoms with Crippen LogP contribution in [0.3, 0.4) is 0 Å². The Morgan fingerprint density at radius 2 is 1.76 bits per heavy atom. The second kappa shape index (κ2) is 9.33. The monoisotopic (exact) mass is 467 g/mol. The number of amides is 1. The standard InChI is InChI=1S/C24H22F5NO3/c1-13(2)33-23(32)21-14(3)30(12-16-5-4-6-19(25)22(16)26)20(31)11-18(21)15-7-9-17(10-8-15)24(27,28)29/h4-10,13,18H,11-12H2,1-3H3. The maximum absolute atomic E-state index is 14.2. The van der Waals surface area contributed by atoms with Gasteiger partial charge >= 0.3 is 12.1 Å². The van der Waals surface area contributed by atoms with Crippen molar-refractivity contribution in [2.24, 2.45) is 0 Å². The maximum Gasteiger partial charge on any atom is 0.416 e. The molecule has 9 heteroatoms. The third kappa shape index (κ3) is 5.23. The van der Waals surface area contributed by atoms with Crippen LogP contribution in [0.1, 0.15) is 49.8 Å². The minimum absolute atomic E-state index is 0.0766. The molecule has 2 aromatic rings. The number of benzene rings is 2. The number of hydrogen-bond acceptors (Lipinski definition) is 3. The van der Waals surface area contributed by atoms with Crippen LogP contribution in [-0.4, -0.2) is 22.9 Å². The number of allylic oxidation sites excluding steroid dienone is 1. The van der Waals surface area contributed by atoms with Gasteiger partial charge in [0.25, 0.3) is 0 Å². The number of halogens is 5. The highest BCUT2D eigenvalue weighted by Gasteiger charge is 2.38. The summed E-state index contributed by atoms with van der Waals surface area (Å²) in [6, 6.07) is 7.79. The van der Waals surface area contributed by atoms with E-state index in [1.807, 2.05) is 0 Å². The Labute approximate surface area is 187 Å². The summed E-state index contributed by atoms with van der Waals surface area (Å²) in [6.07, 6.45) is -5.27. The van der Waals surface area contributed by atoms with Crippen LogP contribution in [-0.2, 0) is 27.0 Å². The van der Waals surface area contributed by atoms with E-state index in [1.54, 1.807) is 13.8 Å². The number of ether oxygens (including phenoxy) is 1. The minimum Gasteiger partial charge on any atom is -0.460 e. The summed E-state index contributed by atoms with van der Waals surface area (Å²) in [5.74, 6) is -4.23. The molecule has 0 aromatic heterocycles. The molecule has 0 bridgehead atoms. The largest absolute Gasteiger partial charge is 0.460 e. The molecule has 1 aliphatic rings. The molecule has 1 amide bonds. The molecule has 0 saturated heterocycles. The number of rotatable bonds is 5. The SMILES string of the molecule is CC1=C(C(=O)OC(C)C)C(c2ccc(C(F)(F)F)cc2)CC(=O)N1Cc1cccc(F)c1F. The molecule has 0 saturated carbocycles. The second-order valence-electron chi connectivity index (χ2n) is 8.02. The van der Waals surface area contributed by atoms with Crippen LogP contribution in [0.25, 0.3) is 0 Å². The summed E-state index contributed by atoms with van der Waals surface area (Å²) in [5, 5.41) is 0. The van der Waals surface area contributed by atoms with E-state index >= 15 is 0 Å². The summed E-state index contributed by atoms with van der Waals surface area (Å²) < 4.78 is 72.0. The van der Waals surface area contributed by atoms with Gasteiger partial charge in [-0.1, -0.05) is 24.3 Å². The molecule has 0 spiro atoms. The van der Waals surface area contributed by atoms with Crippen molar-refractivity contribution in [1.82, 2.24) is 4.90 Å². The van der Waals surface area contributed by atoms with Crippen molar-refractivity contribution in [2.45, 2.75) is 51.9 Å². The fourth-order valence-electron chi connectivity index (χ4n) is 3.78. The molecule has 1 heterocycles. The van der Waals surface area contributed by atoms with Gasteiger partial charge in [0, 0.05) is 23.6 Å². The van der Waals surface area contributed by atoms with Crippen molar-refractivity contribution in [1.29, 1.82) is 0 Å². The highest BCUT2D eigenvalue weighted by Crippen LogP contribution is 2.39. The van der Waals surface area contributed by atoms with Crippen LogP contribution in [0, 0.1) is 11.6 Å². The molecular weight excluding hydrogens is 445 g/mol. The number of nitrogens with zero attached hydrogens (tertiary/aromatic N) is 1. The summed E-state index contributed by atoms with van der Waals surface area (Å²) in [6.45, 7) is 4.43. The van der Waals surface area contributed by atoms with E-state index < -0.39 is 47.3 Å². The van der Waals surface area contributed by atoms with Gasteiger partial charge < -0.3 is 9.64 Å². The van der Waals surface area contributed by atoms with Crippen LogP contribution in [0.2, 0.25) is 0 Å². The Morgan fingerprint density at radius 3 is 2.33 bits per heavy atom. The van der Waals surface area contributed by atoms with Crippen LogP contribution < -0.4 is 0 Å². The topological polar surface area (TPSA) is 46.6 Å². The summed E-state index contributed by atoms with van der Waals surface area (Å²) in [5.41, 5.74) is -0.343. The Balaban J connectivity index is 2.05. The third-order valence-electron chi connectivity index (χ3n) is 5.39. The fourth-order valence-corrected chi connectivity index (χ4v) is 3.78. The molecule has 4 nitrogen and oxygen atoms in total. The van der Waals surface area contributed by atoms with E-state index in [4.69, 9.17) is 4.74 Å². The lowest BCUT2D eigenvalue weighted by atomic mass is 9.83. The Morgan fingerprint density at radius 1 is 1.12 bits per heavy atom. The van der Waals surface area contributed by atoms with Crippen molar-refractivity contribution in [3.63, 3.8) is 0 Å². The summed E-state index contributed by atoms with van der Waals surface area (Å²) >= 11 is 0. The Hall–Kier alpha value is -3.23. The summed E-state index contributed by atoms with van der Waals surface area (Å²) in [4.78, 5) is 27.0. The van der Waals surface area contributed by atoms with Crippen molar-refractivity contribution in [3.8, 4) is 0 Å². The Kier molecular flexibility index (Phi) is 6.90. The van der Waals surface area contributed by atoms with Gasteiger partial charge in [-0.05, 0) is 44.5 Å². The number of hydrogen-bond donors (Lipinski definition) is 0. The predicted octanol–water partition coefficient (Wildman–Crippen LogP) is 5.73. The quantitative estimate of drug-likeness (QED) is 0.417. The molecule has 33 heavy (non-hydrogen) atoms. The maximum atomic E-state index is 14.2. The zero-order chi connectivity index (χ0) is 24.5. The minimum atomic E-state index is -4.53. The van der Waals surface area contributed by atoms with Gasteiger partial charge in [0.2, 0.25) is 5.91 Å². The number of alkyl halides is 3. The molecule has 2 aromatic carbocycles. The first-order valence-electron chi connectivity index (χ1n) is 10.2. The lowest BCUT2D eigenvalue weighted by Crippen LogP contribution is -2.38. The highest BCUT2D eigenvalue weighted by molar-refractivity contribution is 5.96. The van der Waals surface area contributed by atoms with Gasteiger partial charge in [0.15, 0.2) is 11.6 Å². The van der Waals surface area contributed by atoms with Crippen LogP contribution in [0.5, 0.6) is 0 Å². The molecule has 176 valence electrons. The molecule has 0 fully saturated rings. The molecule has 1 unspecified atom stereocenters. The molecule has 1 aliphatic heterocycles. The second-order valence-corrected chi connectivity index (χ2v) is 8.02. The summed E-state index contributed by atoms with van der Waals surface area (Å²) in [7, 11) is 0. The van der Waals surface area contributed by atoms with E-state index in [9.17, 15) is 31.5 Å². The van der Waals surface area contributed by atoms with Crippen molar-refractivity contribution in [3.05, 3.63) is 82.1 Å². The zero-order valence-electron chi connectivity index (χ0n) is 18.2. The van der Waals surface area contributed by atoms with E-state index in [1.165, 1.54) is 31.2 Å². The first-order chi connectivity index (χ1) is 15.4. The van der Waals surface area contributed by atoms with Gasteiger partial charge in [-0.2, -0.15) is 13.2 Å². The molecule has 0 radical (unpaired) electrons. The average Bonchev–Trinajstić information content (AvgIpc) is 2.72. The fraction of sp³-hybridized carbons (Fsp3) is 0.333. The van der Waals surface area contributed by atoms with Gasteiger partial charge in [0.1, 0.15) is 0 Å². The average molecular weight is 467 g/mol. The number of esters is 1. The molecular formula is C24H22F5NO3. The van der Waals surface area contributed by atoms with Gasteiger partial charge in [-0.15, -0.1) is 0 Å². The molecule has 0 N–H and O–H groups in total. The molecule has 0 aliphatic carbocycles. The molecule has 3 rings (SSSR count).